The number of thiazole rings is 1. The van der Waals surface area contributed by atoms with E-state index in [-0.39, 0.29) is 0 Å². The van der Waals surface area contributed by atoms with Crippen LogP contribution in [0.2, 0.25) is 0 Å². The molecule has 0 aliphatic rings. The predicted molar refractivity (Wildman–Crippen MR) is 90.2 cm³/mol. The molecule has 0 saturated carbocycles. The highest BCUT2D eigenvalue weighted by Gasteiger charge is 2.11. The van der Waals surface area contributed by atoms with Crippen LogP contribution in [0.25, 0.3) is 21.8 Å². The average molecular weight is 344 g/mol. The van der Waals surface area contributed by atoms with E-state index in [2.05, 4.69) is 78.3 Å². The van der Waals surface area contributed by atoms with Crippen molar-refractivity contribution in [3.8, 4) is 21.8 Å². The van der Waals surface area contributed by atoms with Crippen molar-refractivity contribution in [2.45, 2.75) is 13.8 Å². The second-order valence-corrected chi connectivity index (χ2v) is 6.92. The molecule has 2 aromatic carbocycles. The van der Waals surface area contributed by atoms with Gasteiger partial charge in [-0.05, 0) is 32.0 Å². The fourth-order valence-electron chi connectivity index (χ4n) is 2.17. The summed E-state index contributed by atoms with van der Waals surface area (Å²) in [6.07, 6.45) is 0. The van der Waals surface area contributed by atoms with Gasteiger partial charge in [-0.3, -0.25) is 0 Å². The number of aryl methyl sites for hydroxylation is 2. The molecule has 3 aromatic rings. The zero-order valence-corrected chi connectivity index (χ0v) is 13.8. The second kappa shape index (κ2) is 5.51. The number of rotatable bonds is 2. The molecule has 0 spiro atoms. The van der Waals surface area contributed by atoms with Gasteiger partial charge in [0.05, 0.1) is 5.69 Å². The van der Waals surface area contributed by atoms with Gasteiger partial charge in [0, 0.05) is 20.5 Å². The first-order chi connectivity index (χ1) is 9.63. The Morgan fingerprint density at radius 2 is 1.70 bits per heavy atom. The van der Waals surface area contributed by atoms with Crippen LogP contribution in [0.5, 0.6) is 0 Å². The van der Waals surface area contributed by atoms with E-state index in [1.807, 2.05) is 0 Å². The molecule has 0 radical (unpaired) electrons. The van der Waals surface area contributed by atoms with Crippen LogP contribution in [-0.2, 0) is 0 Å². The van der Waals surface area contributed by atoms with Crippen LogP contribution in [0, 0.1) is 13.8 Å². The number of halogens is 1. The Hall–Kier alpha value is -1.45. The third-order valence-electron chi connectivity index (χ3n) is 3.18. The van der Waals surface area contributed by atoms with Gasteiger partial charge in [0.25, 0.3) is 0 Å². The second-order valence-electron chi connectivity index (χ2n) is 4.80. The predicted octanol–water partition coefficient (Wildman–Crippen LogP) is 5.86. The van der Waals surface area contributed by atoms with Crippen molar-refractivity contribution in [2.24, 2.45) is 0 Å². The van der Waals surface area contributed by atoms with E-state index < -0.39 is 0 Å². The molecule has 0 amide bonds. The largest absolute Gasteiger partial charge is 0.236 e. The molecule has 0 saturated heterocycles. The lowest BCUT2D eigenvalue weighted by Crippen LogP contribution is -1.82. The molecule has 0 fully saturated rings. The molecule has 0 N–H and O–H groups in total. The van der Waals surface area contributed by atoms with Gasteiger partial charge in [-0.15, -0.1) is 11.3 Å². The molecule has 0 bridgehead atoms. The summed E-state index contributed by atoms with van der Waals surface area (Å²) in [6.45, 7) is 4.24. The lowest BCUT2D eigenvalue weighted by atomic mass is 10.1. The minimum absolute atomic E-state index is 1.08. The van der Waals surface area contributed by atoms with E-state index in [9.17, 15) is 0 Å². The Balaban J connectivity index is 2.05. The van der Waals surface area contributed by atoms with Crippen LogP contribution in [0.3, 0.4) is 0 Å². The van der Waals surface area contributed by atoms with Crippen molar-refractivity contribution in [3.63, 3.8) is 0 Å². The number of aromatic nitrogens is 1. The van der Waals surface area contributed by atoms with Gasteiger partial charge in [-0.25, -0.2) is 4.98 Å². The summed E-state index contributed by atoms with van der Waals surface area (Å²) in [7, 11) is 0. The van der Waals surface area contributed by atoms with Crippen LogP contribution in [-0.4, -0.2) is 4.98 Å². The average Bonchev–Trinajstić information content (AvgIpc) is 2.82. The number of nitrogens with zero attached hydrogens (tertiary/aromatic N) is 1. The maximum Gasteiger partial charge on any atom is 0.124 e. The first-order valence-electron chi connectivity index (χ1n) is 6.44. The highest BCUT2D eigenvalue weighted by molar-refractivity contribution is 9.10. The SMILES string of the molecule is Cc1cccc(-c2nc(-c3ccc(Br)cc3)c(C)s2)c1. The van der Waals surface area contributed by atoms with Crippen molar-refractivity contribution in [3.05, 3.63) is 63.4 Å². The van der Waals surface area contributed by atoms with Crippen molar-refractivity contribution in [2.75, 3.05) is 0 Å². The third-order valence-corrected chi connectivity index (χ3v) is 4.73. The van der Waals surface area contributed by atoms with Crippen molar-refractivity contribution >= 4 is 27.3 Å². The standard InChI is InChI=1S/C17H14BrNS/c1-11-4-3-5-14(10-11)17-19-16(12(2)20-17)13-6-8-15(18)9-7-13/h3-10H,1-2H3. The maximum absolute atomic E-state index is 4.82. The van der Waals surface area contributed by atoms with Gasteiger partial charge in [-0.2, -0.15) is 0 Å². The molecule has 0 aliphatic heterocycles. The van der Waals surface area contributed by atoms with Gasteiger partial charge in [0.1, 0.15) is 5.01 Å². The van der Waals surface area contributed by atoms with Crippen molar-refractivity contribution in [1.82, 2.24) is 4.98 Å². The molecule has 1 aromatic heterocycles. The summed E-state index contributed by atoms with van der Waals surface area (Å²) in [5.41, 5.74) is 4.71. The lowest BCUT2D eigenvalue weighted by molar-refractivity contribution is 1.36. The summed E-state index contributed by atoms with van der Waals surface area (Å²) in [6, 6.07) is 16.8. The van der Waals surface area contributed by atoms with Crippen molar-refractivity contribution < 1.29 is 0 Å². The highest BCUT2D eigenvalue weighted by atomic mass is 79.9. The van der Waals surface area contributed by atoms with Gasteiger partial charge in [0.2, 0.25) is 0 Å². The molecule has 0 atom stereocenters. The van der Waals surface area contributed by atoms with E-state index in [1.54, 1.807) is 11.3 Å². The maximum atomic E-state index is 4.82. The summed E-state index contributed by atoms with van der Waals surface area (Å²) < 4.78 is 1.09. The van der Waals surface area contributed by atoms with E-state index in [4.69, 9.17) is 4.98 Å². The molecular weight excluding hydrogens is 330 g/mol. The topological polar surface area (TPSA) is 12.9 Å². The third kappa shape index (κ3) is 2.69. The van der Waals surface area contributed by atoms with Gasteiger partial charge >= 0.3 is 0 Å². The summed E-state index contributed by atoms with van der Waals surface area (Å²) in [4.78, 5) is 6.08. The summed E-state index contributed by atoms with van der Waals surface area (Å²) in [5.74, 6) is 0. The Bertz CT molecular complexity index is 744. The quantitative estimate of drug-likeness (QED) is 0.568. The Morgan fingerprint density at radius 3 is 2.40 bits per heavy atom. The van der Waals surface area contributed by atoms with Gasteiger partial charge in [-0.1, -0.05) is 51.8 Å². The Morgan fingerprint density at radius 1 is 0.950 bits per heavy atom. The fraction of sp³-hybridized carbons (Fsp3) is 0.118. The van der Waals surface area contributed by atoms with E-state index >= 15 is 0 Å². The highest BCUT2D eigenvalue weighted by Crippen LogP contribution is 2.33. The monoisotopic (exact) mass is 343 g/mol. The summed E-state index contributed by atoms with van der Waals surface area (Å²) >= 11 is 5.22. The van der Waals surface area contributed by atoms with Crippen molar-refractivity contribution in [1.29, 1.82) is 0 Å². The lowest BCUT2D eigenvalue weighted by Gasteiger charge is -1.99. The molecule has 1 nitrogen and oxygen atoms in total. The van der Waals surface area contributed by atoms with E-state index in [0.717, 1.165) is 15.2 Å². The first-order valence-corrected chi connectivity index (χ1v) is 8.05. The Kier molecular flexibility index (Phi) is 3.72. The molecule has 100 valence electrons. The zero-order chi connectivity index (χ0) is 14.1. The molecule has 0 unspecified atom stereocenters. The normalized spacial score (nSPS) is 10.8. The fourth-order valence-corrected chi connectivity index (χ4v) is 3.37. The van der Waals surface area contributed by atoms with Crippen LogP contribution in [0.1, 0.15) is 10.4 Å². The smallest absolute Gasteiger partial charge is 0.124 e. The molecule has 1 heterocycles. The number of hydrogen-bond acceptors (Lipinski definition) is 2. The number of benzene rings is 2. The van der Waals surface area contributed by atoms with Gasteiger partial charge in [0.15, 0.2) is 0 Å². The van der Waals surface area contributed by atoms with Crippen LogP contribution < -0.4 is 0 Å². The van der Waals surface area contributed by atoms with E-state index in [1.165, 1.54) is 21.6 Å². The number of hydrogen-bond donors (Lipinski definition) is 0. The molecular formula is C17H14BrNS. The molecule has 20 heavy (non-hydrogen) atoms. The minimum Gasteiger partial charge on any atom is -0.236 e. The van der Waals surface area contributed by atoms with Gasteiger partial charge < -0.3 is 0 Å². The molecule has 3 heteroatoms. The van der Waals surface area contributed by atoms with Crippen LogP contribution in [0.4, 0.5) is 0 Å². The molecule has 0 aliphatic carbocycles. The summed E-state index contributed by atoms with van der Waals surface area (Å²) in [5, 5.41) is 1.09. The Labute approximate surface area is 131 Å². The first kappa shape index (κ1) is 13.5. The zero-order valence-electron chi connectivity index (χ0n) is 11.4. The van der Waals surface area contributed by atoms with Crippen LogP contribution >= 0.6 is 27.3 Å². The molecule has 3 rings (SSSR count). The van der Waals surface area contributed by atoms with E-state index in [0.29, 0.717) is 0 Å². The van der Waals surface area contributed by atoms with Crippen LogP contribution in [0.15, 0.2) is 53.0 Å². The minimum atomic E-state index is 1.08.